The second-order valence-electron chi connectivity index (χ2n) is 6.52. The Morgan fingerprint density at radius 3 is 2.82 bits per heavy atom. The maximum absolute atomic E-state index is 11.7. The van der Waals surface area contributed by atoms with Gasteiger partial charge in [-0.25, -0.2) is 9.38 Å². The van der Waals surface area contributed by atoms with Gasteiger partial charge >= 0.3 is 0 Å². The topological polar surface area (TPSA) is 106 Å². The van der Waals surface area contributed by atoms with Crippen molar-refractivity contribution in [3.8, 4) is 0 Å². The van der Waals surface area contributed by atoms with Crippen LogP contribution in [0, 0.1) is 5.92 Å². The zero-order valence-corrected chi connectivity index (χ0v) is 16.2. The van der Waals surface area contributed by atoms with E-state index in [4.69, 9.17) is 10.7 Å². The Morgan fingerprint density at radius 1 is 1.25 bits per heavy atom. The molecule has 28 heavy (non-hydrogen) atoms. The number of hydrogen-bond acceptors (Lipinski definition) is 7. The molecule has 0 radical (unpaired) electrons. The number of carbonyl (C=O) groups is 1. The van der Waals surface area contributed by atoms with Crippen molar-refractivity contribution in [2.75, 3.05) is 5.32 Å². The van der Waals surface area contributed by atoms with Crippen LogP contribution in [0.5, 0.6) is 0 Å². The van der Waals surface area contributed by atoms with Gasteiger partial charge in [-0.3, -0.25) is 4.79 Å². The van der Waals surface area contributed by atoms with E-state index in [9.17, 15) is 4.79 Å². The second kappa shape index (κ2) is 7.93. The standard InChI is InChI=1S/C20H20N6OS/c1-2-15-19(22-11-12-7-4-3-5-8-12)23-20(25-24-15)16-13-9-6-10-14(18(21)27)17(13)28-26-16/h3-10,13,17H,2,11H2,1H3,(H2,21,27)(H,22,23,25). The van der Waals surface area contributed by atoms with Crippen molar-refractivity contribution in [2.45, 2.75) is 25.1 Å². The molecule has 0 saturated carbocycles. The zero-order valence-electron chi connectivity index (χ0n) is 15.4. The van der Waals surface area contributed by atoms with Gasteiger partial charge in [0.05, 0.1) is 5.25 Å². The molecule has 0 fully saturated rings. The lowest BCUT2D eigenvalue weighted by Crippen LogP contribution is -2.31. The SMILES string of the molecule is CCc1nnc(C2=NSC3C(C(N)=O)=CC=CC23)nc1NCc1ccccc1. The summed E-state index contributed by atoms with van der Waals surface area (Å²) in [4.78, 5) is 16.4. The second-order valence-corrected chi connectivity index (χ2v) is 7.42. The Hall–Kier alpha value is -3.00. The quantitative estimate of drug-likeness (QED) is 0.732. The van der Waals surface area contributed by atoms with Crippen LogP contribution < -0.4 is 11.1 Å². The molecule has 2 aliphatic rings. The van der Waals surface area contributed by atoms with Gasteiger partial charge in [0.1, 0.15) is 11.4 Å². The molecule has 1 amide bonds. The van der Waals surface area contributed by atoms with Crippen molar-refractivity contribution in [3.05, 3.63) is 71.2 Å². The van der Waals surface area contributed by atoms with Crippen molar-refractivity contribution in [1.29, 1.82) is 0 Å². The number of carbonyl (C=O) groups excluding carboxylic acids is 1. The summed E-state index contributed by atoms with van der Waals surface area (Å²) < 4.78 is 4.54. The van der Waals surface area contributed by atoms with Crippen LogP contribution in [0.4, 0.5) is 5.82 Å². The number of nitrogens with one attached hydrogen (secondary N) is 1. The van der Waals surface area contributed by atoms with Crippen molar-refractivity contribution in [2.24, 2.45) is 16.0 Å². The van der Waals surface area contributed by atoms with Gasteiger partial charge in [0, 0.05) is 18.0 Å². The Bertz CT molecular complexity index is 985. The van der Waals surface area contributed by atoms with Crippen LogP contribution >= 0.6 is 11.9 Å². The van der Waals surface area contributed by atoms with E-state index in [2.05, 4.69) is 32.0 Å². The molecule has 1 aromatic heterocycles. The molecule has 142 valence electrons. The van der Waals surface area contributed by atoms with Crippen molar-refractivity contribution in [3.63, 3.8) is 0 Å². The number of anilines is 1. The molecule has 0 spiro atoms. The zero-order chi connectivity index (χ0) is 19.5. The molecule has 1 aliphatic heterocycles. The molecule has 1 aliphatic carbocycles. The Morgan fingerprint density at radius 2 is 2.07 bits per heavy atom. The average Bonchev–Trinajstić information content (AvgIpc) is 3.17. The fraction of sp³-hybridized carbons (Fsp3) is 0.250. The van der Waals surface area contributed by atoms with Crippen molar-refractivity contribution >= 4 is 29.4 Å². The van der Waals surface area contributed by atoms with Crippen molar-refractivity contribution in [1.82, 2.24) is 15.2 Å². The molecule has 1 aromatic carbocycles. The van der Waals surface area contributed by atoms with E-state index in [1.807, 2.05) is 37.3 Å². The number of benzene rings is 1. The lowest BCUT2D eigenvalue weighted by Gasteiger charge is -2.20. The van der Waals surface area contributed by atoms with Gasteiger partial charge in [0.25, 0.3) is 0 Å². The Balaban J connectivity index is 1.58. The summed E-state index contributed by atoms with van der Waals surface area (Å²) in [7, 11) is 0. The minimum Gasteiger partial charge on any atom is -0.366 e. The maximum atomic E-state index is 11.7. The molecule has 0 bridgehead atoms. The van der Waals surface area contributed by atoms with Crippen LogP contribution in [0.15, 0.2) is 58.5 Å². The number of nitrogens with two attached hydrogens (primary N) is 1. The van der Waals surface area contributed by atoms with Crippen LogP contribution in [0.25, 0.3) is 0 Å². The van der Waals surface area contributed by atoms with Gasteiger partial charge in [-0.15, -0.1) is 10.2 Å². The number of aromatic nitrogens is 3. The normalized spacial score (nSPS) is 20.3. The summed E-state index contributed by atoms with van der Waals surface area (Å²) in [5.74, 6) is 0.670. The highest BCUT2D eigenvalue weighted by Crippen LogP contribution is 2.39. The molecule has 3 N–H and O–H groups in total. The summed E-state index contributed by atoms with van der Waals surface area (Å²) in [5, 5.41) is 11.9. The number of primary amides is 1. The third-order valence-corrected chi connectivity index (χ3v) is 5.79. The lowest BCUT2D eigenvalue weighted by molar-refractivity contribution is -0.114. The van der Waals surface area contributed by atoms with Gasteiger partial charge in [-0.05, 0) is 23.9 Å². The molecular formula is C20H20N6OS. The van der Waals surface area contributed by atoms with E-state index < -0.39 is 5.91 Å². The first-order valence-corrected chi connectivity index (χ1v) is 9.94. The highest BCUT2D eigenvalue weighted by atomic mass is 32.2. The van der Waals surface area contributed by atoms with E-state index in [0.717, 1.165) is 23.4 Å². The molecule has 2 unspecified atom stereocenters. The van der Waals surface area contributed by atoms with E-state index >= 15 is 0 Å². The average molecular weight is 392 g/mol. The first kappa shape index (κ1) is 18.4. The smallest absolute Gasteiger partial charge is 0.245 e. The molecular weight excluding hydrogens is 372 g/mol. The van der Waals surface area contributed by atoms with Gasteiger partial charge in [0.2, 0.25) is 5.91 Å². The van der Waals surface area contributed by atoms with Gasteiger partial charge in [-0.2, -0.15) is 0 Å². The van der Waals surface area contributed by atoms with Crippen LogP contribution in [0.1, 0.15) is 24.0 Å². The van der Waals surface area contributed by atoms with E-state index in [1.165, 1.54) is 11.9 Å². The van der Waals surface area contributed by atoms with E-state index in [0.29, 0.717) is 23.8 Å². The van der Waals surface area contributed by atoms with Crippen LogP contribution in [0.3, 0.4) is 0 Å². The minimum atomic E-state index is -0.422. The minimum absolute atomic E-state index is 0.0891. The van der Waals surface area contributed by atoms with Crippen molar-refractivity contribution < 1.29 is 4.79 Å². The molecule has 2 heterocycles. The van der Waals surface area contributed by atoms with Crippen LogP contribution in [-0.2, 0) is 17.8 Å². The summed E-state index contributed by atoms with van der Waals surface area (Å²) in [5.41, 5.74) is 8.75. The predicted octanol–water partition coefficient (Wildman–Crippen LogP) is 2.46. The highest BCUT2D eigenvalue weighted by molar-refractivity contribution is 7.99. The Labute approximate surface area is 167 Å². The summed E-state index contributed by atoms with van der Waals surface area (Å²) in [6, 6.07) is 10.1. The molecule has 2 aromatic rings. The number of fused-ring (bicyclic) bond motifs is 1. The van der Waals surface area contributed by atoms with E-state index in [1.54, 1.807) is 6.08 Å². The Kier molecular flexibility index (Phi) is 5.21. The van der Waals surface area contributed by atoms with Gasteiger partial charge in [0.15, 0.2) is 11.6 Å². The fourth-order valence-electron chi connectivity index (χ4n) is 3.23. The molecule has 7 nitrogen and oxygen atoms in total. The number of aryl methyl sites for hydroxylation is 1. The third-order valence-electron chi connectivity index (χ3n) is 4.72. The number of rotatable bonds is 6. The van der Waals surface area contributed by atoms with Crippen LogP contribution in [0.2, 0.25) is 0 Å². The maximum Gasteiger partial charge on any atom is 0.245 e. The number of nitrogens with zero attached hydrogens (tertiary/aromatic N) is 4. The third kappa shape index (κ3) is 3.55. The molecule has 8 heteroatoms. The summed E-state index contributed by atoms with van der Waals surface area (Å²) in [6.07, 6.45) is 6.31. The molecule has 0 saturated heterocycles. The molecule has 4 rings (SSSR count). The number of allylic oxidation sites excluding steroid dienone is 3. The fourth-order valence-corrected chi connectivity index (χ4v) is 4.32. The van der Waals surface area contributed by atoms with Gasteiger partial charge < -0.3 is 11.1 Å². The first-order chi connectivity index (χ1) is 13.7. The lowest BCUT2D eigenvalue weighted by atomic mass is 9.89. The monoisotopic (exact) mass is 392 g/mol. The number of hydrogen-bond donors (Lipinski definition) is 2. The highest BCUT2D eigenvalue weighted by Gasteiger charge is 2.38. The van der Waals surface area contributed by atoms with Gasteiger partial charge in [-0.1, -0.05) is 55.5 Å². The van der Waals surface area contributed by atoms with E-state index in [-0.39, 0.29) is 11.2 Å². The predicted molar refractivity (Wildman–Crippen MR) is 111 cm³/mol. The largest absolute Gasteiger partial charge is 0.366 e. The van der Waals surface area contributed by atoms with Crippen LogP contribution in [-0.4, -0.2) is 32.1 Å². The molecule has 2 atom stereocenters. The number of amides is 1. The summed E-state index contributed by atoms with van der Waals surface area (Å²) >= 11 is 1.33. The first-order valence-electron chi connectivity index (χ1n) is 9.11. The summed E-state index contributed by atoms with van der Waals surface area (Å²) in [6.45, 7) is 2.67.